The molecule has 0 fully saturated rings. The molecule has 0 aromatic carbocycles. The minimum absolute atomic E-state index is 0.385. The molecule has 0 aliphatic heterocycles. The zero-order chi connectivity index (χ0) is 10.8. The van der Waals surface area contributed by atoms with Gasteiger partial charge in [-0.05, 0) is 18.1 Å². The van der Waals surface area contributed by atoms with Crippen LogP contribution in [0.15, 0.2) is 30.6 Å². The molecule has 2 rings (SSSR count). The average molecular weight is 202 g/mol. The van der Waals surface area contributed by atoms with E-state index in [0.717, 1.165) is 11.4 Å². The van der Waals surface area contributed by atoms with E-state index >= 15 is 0 Å². The van der Waals surface area contributed by atoms with Gasteiger partial charge < -0.3 is 5.73 Å². The summed E-state index contributed by atoms with van der Waals surface area (Å²) in [5, 5.41) is 4.44. The molecule has 2 heterocycles. The Hall–Kier alpha value is -1.84. The SMILES string of the molecule is CC(C)c1cc(N)n(-c2ccncc2)n1. The Morgan fingerprint density at radius 2 is 1.93 bits per heavy atom. The highest BCUT2D eigenvalue weighted by Crippen LogP contribution is 2.18. The first-order valence-corrected chi connectivity index (χ1v) is 4.94. The van der Waals surface area contributed by atoms with Gasteiger partial charge in [0.15, 0.2) is 0 Å². The lowest BCUT2D eigenvalue weighted by Gasteiger charge is -2.02. The van der Waals surface area contributed by atoms with Gasteiger partial charge in [0.05, 0.1) is 11.4 Å². The van der Waals surface area contributed by atoms with Gasteiger partial charge in [0.2, 0.25) is 0 Å². The maximum atomic E-state index is 5.89. The highest BCUT2D eigenvalue weighted by atomic mass is 15.3. The minimum atomic E-state index is 0.385. The lowest BCUT2D eigenvalue weighted by atomic mass is 10.1. The Bertz CT molecular complexity index is 445. The van der Waals surface area contributed by atoms with Gasteiger partial charge in [-0.15, -0.1) is 0 Å². The van der Waals surface area contributed by atoms with Crippen LogP contribution in [0.1, 0.15) is 25.5 Å². The Balaban J connectivity index is 2.45. The molecule has 4 heteroatoms. The molecule has 0 unspecified atom stereocenters. The van der Waals surface area contributed by atoms with Crippen molar-refractivity contribution in [3.8, 4) is 5.69 Å². The van der Waals surface area contributed by atoms with E-state index in [0.29, 0.717) is 11.7 Å². The number of rotatable bonds is 2. The van der Waals surface area contributed by atoms with Crippen molar-refractivity contribution in [2.24, 2.45) is 0 Å². The normalized spacial score (nSPS) is 10.9. The maximum absolute atomic E-state index is 5.89. The predicted molar refractivity (Wildman–Crippen MR) is 59.9 cm³/mol. The molecule has 2 aromatic rings. The van der Waals surface area contributed by atoms with Gasteiger partial charge in [-0.3, -0.25) is 4.98 Å². The van der Waals surface area contributed by atoms with E-state index in [1.165, 1.54) is 0 Å². The van der Waals surface area contributed by atoms with E-state index in [1.807, 2.05) is 18.2 Å². The molecule has 0 spiro atoms. The second-order valence-corrected chi connectivity index (χ2v) is 3.77. The molecule has 0 aliphatic rings. The first kappa shape index (κ1) is 9.71. The number of nitrogen functional groups attached to an aromatic ring is 1. The number of pyridine rings is 1. The van der Waals surface area contributed by atoms with Crippen LogP contribution < -0.4 is 5.73 Å². The fourth-order valence-electron chi connectivity index (χ4n) is 1.39. The predicted octanol–water partition coefficient (Wildman–Crippen LogP) is 1.97. The topological polar surface area (TPSA) is 56.7 Å². The second-order valence-electron chi connectivity index (χ2n) is 3.77. The Labute approximate surface area is 88.8 Å². The highest BCUT2D eigenvalue weighted by molar-refractivity contribution is 5.42. The lowest BCUT2D eigenvalue weighted by Crippen LogP contribution is -2.02. The Kier molecular flexibility index (Phi) is 2.41. The molecule has 4 nitrogen and oxygen atoms in total. The summed E-state index contributed by atoms with van der Waals surface area (Å²) in [6, 6.07) is 5.67. The number of anilines is 1. The molecular weight excluding hydrogens is 188 g/mol. The van der Waals surface area contributed by atoms with Gasteiger partial charge in [-0.25, -0.2) is 4.68 Å². The molecule has 2 N–H and O–H groups in total. The van der Waals surface area contributed by atoms with Crippen molar-refractivity contribution < 1.29 is 0 Å². The van der Waals surface area contributed by atoms with E-state index < -0.39 is 0 Å². The van der Waals surface area contributed by atoms with Crippen molar-refractivity contribution in [1.82, 2.24) is 14.8 Å². The van der Waals surface area contributed by atoms with Crippen molar-refractivity contribution in [3.63, 3.8) is 0 Å². The van der Waals surface area contributed by atoms with E-state index in [2.05, 4.69) is 23.9 Å². The molecule has 0 aliphatic carbocycles. The third kappa shape index (κ3) is 1.83. The third-order valence-corrected chi connectivity index (χ3v) is 2.25. The fourth-order valence-corrected chi connectivity index (χ4v) is 1.39. The van der Waals surface area contributed by atoms with Crippen LogP contribution in [-0.4, -0.2) is 14.8 Å². The number of nitrogens with zero attached hydrogens (tertiary/aromatic N) is 3. The van der Waals surface area contributed by atoms with Gasteiger partial charge in [0, 0.05) is 18.5 Å². The zero-order valence-corrected chi connectivity index (χ0v) is 8.88. The van der Waals surface area contributed by atoms with Crippen LogP contribution in [0.25, 0.3) is 5.69 Å². The summed E-state index contributed by atoms with van der Waals surface area (Å²) in [4.78, 5) is 3.96. The van der Waals surface area contributed by atoms with Gasteiger partial charge in [-0.1, -0.05) is 13.8 Å². The van der Waals surface area contributed by atoms with Gasteiger partial charge >= 0.3 is 0 Å². The molecule has 78 valence electrons. The standard InChI is InChI=1S/C11H14N4/c1-8(2)10-7-11(12)15(14-10)9-3-5-13-6-4-9/h3-8H,12H2,1-2H3. The molecular formula is C11H14N4. The van der Waals surface area contributed by atoms with Crippen molar-refractivity contribution in [2.45, 2.75) is 19.8 Å². The molecule has 0 radical (unpaired) electrons. The zero-order valence-electron chi connectivity index (χ0n) is 8.88. The van der Waals surface area contributed by atoms with Crippen LogP contribution in [0.2, 0.25) is 0 Å². The maximum Gasteiger partial charge on any atom is 0.127 e. The van der Waals surface area contributed by atoms with Crippen LogP contribution in [0, 0.1) is 0 Å². The molecule has 0 amide bonds. The van der Waals surface area contributed by atoms with Crippen molar-refractivity contribution >= 4 is 5.82 Å². The van der Waals surface area contributed by atoms with Crippen LogP contribution >= 0.6 is 0 Å². The van der Waals surface area contributed by atoms with Crippen molar-refractivity contribution in [3.05, 3.63) is 36.3 Å². The molecule has 0 bridgehead atoms. The minimum Gasteiger partial charge on any atom is -0.384 e. The average Bonchev–Trinajstić information content (AvgIpc) is 2.62. The Morgan fingerprint density at radius 1 is 1.27 bits per heavy atom. The van der Waals surface area contributed by atoms with E-state index in [1.54, 1.807) is 17.1 Å². The lowest BCUT2D eigenvalue weighted by molar-refractivity contribution is 0.770. The first-order chi connectivity index (χ1) is 7.18. The van der Waals surface area contributed by atoms with Crippen LogP contribution in [0.4, 0.5) is 5.82 Å². The monoisotopic (exact) mass is 202 g/mol. The van der Waals surface area contributed by atoms with Crippen LogP contribution in [0.5, 0.6) is 0 Å². The van der Waals surface area contributed by atoms with Gasteiger partial charge in [-0.2, -0.15) is 5.10 Å². The number of nitrogens with two attached hydrogens (primary N) is 1. The summed E-state index contributed by atoms with van der Waals surface area (Å²) in [6.45, 7) is 4.19. The summed E-state index contributed by atoms with van der Waals surface area (Å²) < 4.78 is 1.73. The van der Waals surface area contributed by atoms with Gasteiger partial charge in [0.25, 0.3) is 0 Å². The summed E-state index contributed by atoms with van der Waals surface area (Å²) in [5.41, 5.74) is 7.83. The van der Waals surface area contributed by atoms with Crippen LogP contribution in [0.3, 0.4) is 0 Å². The third-order valence-electron chi connectivity index (χ3n) is 2.25. The number of hydrogen-bond donors (Lipinski definition) is 1. The number of aromatic nitrogens is 3. The van der Waals surface area contributed by atoms with Crippen molar-refractivity contribution in [1.29, 1.82) is 0 Å². The first-order valence-electron chi connectivity index (χ1n) is 4.94. The van der Waals surface area contributed by atoms with E-state index in [4.69, 9.17) is 5.73 Å². The largest absolute Gasteiger partial charge is 0.384 e. The number of hydrogen-bond acceptors (Lipinski definition) is 3. The molecule has 0 saturated heterocycles. The summed E-state index contributed by atoms with van der Waals surface area (Å²) in [6.07, 6.45) is 3.46. The molecule has 2 aromatic heterocycles. The quantitative estimate of drug-likeness (QED) is 0.810. The fraction of sp³-hybridized carbons (Fsp3) is 0.273. The van der Waals surface area contributed by atoms with E-state index in [9.17, 15) is 0 Å². The second kappa shape index (κ2) is 3.73. The van der Waals surface area contributed by atoms with Crippen LogP contribution in [-0.2, 0) is 0 Å². The van der Waals surface area contributed by atoms with E-state index in [-0.39, 0.29) is 0 Å². The molecule has 15 heavy (non-hydrogen) atoms. The van der Waals surface area contributed by atoms with Gasteiger partial charge in [0.1, 0.15) is 5.82 Å². The van der Waals surface area contributed by atoms with Crippen molar-refractivity contribution in [2.75, 3.05) is 5.73 Å². The highest BCUT2D eigenvalue weighted by Gasteiger charge is 2.08. The smallest absolute Gasteiger partial charge is 0.127 e. The summed E-state index contributed by atoms with van der Waals surface area (Å²) in [7, 11) is 0. The summed E-state index contributed by atoms with van der Waals surface area (Å²) in [5.74, 6) is 1.04. The Morgan fingerprint density at radius 3 is 2.47 bits per heavy atom. The molecule has 0 atom stereocenters. The molecule has 0 saturated carbocycles. The summed E-state index contributed by atoms with van der Waals surface area (Å²) >= 11 is 0.